The number of nitrogens with zero attached hydrogens (tertiary/aromatic N) is 1. The lowest BCUT2D eigenvalue weighted by molar-refractivity contribution is 0.233. The fourth-order valence-corrected chi connectivity index (χ4v) is 1.00. The molecule has 0 atom stereocenters. The van der Waals surface area contributed by atoms with Gasteiger partial charge in [-0.05, 0) is 12.1 Å². The van der Waals surface area contributed by atoms with Crippen LogP contribution in [0.4, 0.5) is 14.9 Å². The Morgan fingerprint density at radius 2 is 2.00 bits per heavy atom. The zero-order chi connectivity index (χ0) is 12.8. The van der Waals surface area contributed by atoms with Crippen LogP contribution in [0.15, 0.2) is 42.4 Å². The summed E-state index contributed by atoms with van der Waals surface area (Å²) in [6.45, 7) is 0. The third-order valence-electron chi connectivity index (χ3n) is 1.86. The number of carbonyl (C=O) groups is 1. The number of amides is 2. The molecule has 0 saturated carbocycles. The quantitative estimate of drug-likeness (QED) is 0.203. The van der Waals surface area contributed by atoms with Gasteiger partial charge in [0, 0.05) is 11.9 Å². The molecular weight excluding hydrogens is 225 g/mol. The summed E-state index contributed by atoms with van der Waals surface area (Å²) < 4.78 is 12.9. The fourth-order valence-electron chi connectivity index (χ4n) is 1.00. The molecule has 0 unspecified atom stereocenters. The van der Waals surface area contributed by atoms with Crippen LogP contribution in [0, 0.1) is 5.41 Å². The molecule has 0 aliphatic heterocycles. The fraction of sp³-hybridized carbons (Fsp3) is 0. The highest BCUT2D eigenvalue weighted by Crippen LogP contribution is 2.07. The second-order valence-corrected chi connectivity index (χ2v) is 3.03. The van der Waals surface area contributed by atoms with Crippen molar-refractivity contribution in [2.75, 3.05) is 5.32 Å². The van der Waals surface area contributed by atoms with Gasteiger partial charge in [0.2, 0.25) is 0 Å². The molecule has 0 heterocycles. The number of carbonyl (C=O) groups excluding carboxylic acids is 1. The van der Waals surface area contributed by atoms with Crippen molar-refractivity contribution in [2.24, 2.45) is 11.6 Å². The molecule has 17 heavy (non-hydrogen) atoms. The van der Waals surface area contributed by atoms with Crippen molar-refractivity contribution in [1.82, 2.24) is 5.01 Å². The monoisotopic (exact) mass is 237 g/mol. The molecule has 0 saturated heterocycles. The Morgan fingerprint density at radius 3 is 2.53 bits per heavy atom. The van der Waals surface area contributed by atoms with Crippen LogP contribution in [-0.4, -0.2) is 16.9 Å². The molecule has 0 fully saturated rings. The van der Waals surface area contributed by atoms with Crippen LogP contribution in [0.5, 0.6) is 0 Å². The van der Waals surface area contributed by atoms with Gasteiger partial charge in [-0.15, -0.1) is 0 Å². The van der Waals surface area contributed by atoms with Crippen LogP contribution in [0.25, 0.3) is 0 Å². The van der Waals surface area contributed by atoms with Gasteiger partial charge in [-0.1, -0.05) is 18.2 Å². The van der Waals surface area contributed by atoms with Crippen LogP contribution >= 0.6 is 0 Å². The van der Waals surface area contributed by atoms with Gasteiger partial charge < -0.3 is 11.1 Å². The normalized spacial score (nSPS) is 10.8. The summed E-state index contributed by atoms with van der Waals surface area (Å²) in [5.74, 6) is 3.34. The first-order chi connectivity index (χ1) is 8.06. The number of nitrogens with one attached hydrogen (secondary N) is 2. The molecule has 90 valence electrons. The highest BCUT2D eigenvalue weighted by Gasteiger charge is 2.17. The zero-order valence-electron chi connectivity index (χ0n) is 8.85. The Hall–Kier alpha value is -2.41. The average molecular weight is 237 g/mol. The van der Waals surface area contributed by atoms with Gasteiger partial charge in [0.15, 0.2) is 11.7 Å². The lowest BCUT2D eigenvalue weighted by Gasteiger charge is -2.16. The number of nitrogens with two attached hydrogens (primary N) is 2. The SMILES string of the molecule is N=C(C(F)=CN)N(N)C(=O)Nc1ccccc1. The Labute approximate surface area is 97.2 Å². The lowest BCUT2D eigenvalue weighted by Crippen LogP contribution is -2.45. The lowest BCUT2D eigenvalue weighted by atomic mass is 10.3. The van der Waals surface area contributed by atoms with E-state index in [1.807, 2.05) is 0 Å². The number of amidine groups is 1. The molecule has 0 aliphatic rings. The van der Waals surface area contributed by atoms with E-state index < -0.39 is 17.7 Å². The highest BCUT2D eigenvalue weighted by molar-refractivity contribution is 6.07. The first-order valence-electron chi connectivity index (χ1n) is 4.63. The summed E-state index contributed by atoms with van der Waals surface area (Å²) in [7, 11) is 0. The first kappa shape index (κ1) is 12.7. The Balaban J connectivity index is 2.69. The van der Waals surface area contributed by atoms with Crippen molar-refractivity contribution in [3.63, 3.8) is 0 Å². The van der Waals surface area contributed by atoms with E-state index in [4.69, 9.17) is 17.0 Å². The van der Waals surface area contributed by atoms with Crippen molar-refractivity contribution in [1.29, 1.82) is 5.41 Å². The summed E-state index contributed by atoms with van der Waals surface area (Å²) in [5, 5.41) is 9.93. The number of rotatable bonds is 2. The van der Waals surface area contributed by atoms with Crippen LogP contribution in [0.2, 0.25) is 0 Å². The number of anilines is 1. The summed E-state index contributed by atoms with van der Waals surface area (Å²) in [4.78, 5) is 11.5. The molecule has 1 aromatic carbocycles. The van der Waals surface area contributed by atoms with Crippen LogP contribution in [0.3, 0.4) is 0 Å². The van der Waals surface area contributed by atoms with Gasteiger partial charge >= 0.3 is 6.03 Å². The number of para-hydroxylation sites is 1. The third kappa shape index (κ3) is 3.28. The topological polar surface area (TPSA) is 108 Å². The van der Waals surface area contributed by atoms with E-state index in [0.717, 1.165) is 0 Å². The molecule has 0 aromatic heterocycles. The molecule has 7 heteroatoms. The van der Waals surface area contributed by atoms with Crippen molar-refractivity contribution in [3.8, 4) is 0 Å². The molecule has 1 aromatic rings. The molecule has 6 N–H and O–H groups in total. The molecule has 1 rings (SSSR count). The predicted molar refractivity (Wildman–Crippen MR) is 62.6 cm³/mol. The number of hydrogen-bond acceptors (Lipinski definition) is 4. The summed E-state index contributed by atoms with van der Waals surface area (Å²) in [6, 6.07) is 7.62. The van der Waals surface area contributed by atoms with E-state index in [1.165, 1.54) is 0 Å². The second kappa shape index (κ2) is 5.61. The highest BCUT2D eigenvalue weighted by atomic mass is 19.1. The van der Waals surface area contributed by atoms with E-state index in [2.05, 4.69) is 5.32 Å². The number of benzene rings is 1. The predicted octanol–water partition coefficient (Wildman–Crippen LogP) is 1.14. The van der Waals surface area contributed by atoms with Gasteiger partial charge in [-0.2, -0.15) is 0 Å². The van der Waals surface area contributed by atoms with E-state index in [-0.39, 0.29) is 0 Å². The number of hydrogen-bond donors (Lipinski definition) is 4. The maximum absolute atomic E-state index is 12.9. The van der Waals surface area contributed by atoms with E-state index >= 15 is 0 Å². The van der Waals surface area contributed by atoms with Gasteiger partial charge in [0.1, 0.15) is 0 Å². The second-order valence-electron chi connectivity index (χ2n) is 3.03. The third-order valence-corrected chi connectivity index (χ3v) is 1.86. The minimum Gasteiger partial charge on any atom is -0.402 e. The smallest absolute Gasteiger partial charge is 0.342 e. The zero-order valence-corrected chi connectivity index (χ0v) is 8.85. The van der Waals surface area contributed by atoms with Crippen molar-refractivity contribution in [3.05, 3.63) is 42.4 Å². The van der Waals surface area contributed by atoms with Crippen LogP contribution in [-0.2, 0) is 0 Å². The number of halogens is 1. The number of hydrazine groups is 1. The Morgan fingerprint density at radius 1 is 1.41 bits per heavy atom. The van der Waals surface area contributed by atoms with Crippen molar-refractivity contribution in [2.45, 2.75) is 0 Å². The van der Waals surface area contributed by atoms with Gasteiger partial charge in [-0.25, -0.2) is 20.0 Å². The Kier molecular flexibility index (Phi) is 4.18. The summed E-state index contributed by atoms with van der Waals surface area (Å²) in [5.41, 5.74) is 5.36. The molecule has 0 spiro atoms. The molecule has 0 bridgehead atoms. The van der Waals surface area contributed by atoms with Gasteiger partial charge in [-0.3, -0.25) is 5.41 Å². The standard InChI is InChI=1S/C10H12FN5O/c11-8(6-12)9(13)16(14)10(17)15-7-4-2-1-3-5-7/h1-6,13H,12,14H2,(H,15,17). The molecule has 2 amide bonds. The minimum absolute atomic E-state index is 0.325. The summed E-state index contributed by atoms with van der Waals surface area (Å²) >= 11 is 0. The van der Waals surface area contributed by atoms with Crippen molar-refractivity contribution >= 4 is 17.6 Å². The van der Waals surface area contributed by atoms with Gasteiger partial charge in [0.25, 0.3) is 0 Å². The van der Waals surface area contributed by atoms with Crippen LogP contribution < -0.4 is 16.9 Å². The van der Waals surface area contributed by atoms with E-state index in [0.29, 0.717) is 16.9 Å². The maximum atomic E-state index is 12.9. The van der Waals surface area contributed by atoms with E-state index in [1.54, 1.807) is 30.3 Å². The Bertz CT molecular complexity index is 445. The van der Waals surface area contributed by atoms with Crippen molar-refractivity contribution < 1.29 is 9.18 Å². The molecule has 6 nitrogen and oxygen atoms in total. The summed E-state index contributed by atoms with van der Waals surface area (Å²) in [6.07, 6.45) is 0.554. The van der Waals surface area contributed by atoms with Crippen LogP contribution in [0.1, 0.15) is 0 Å². The average Bonchev–Trinajstić information content (AvgIpc) is 2.37. The largest absolute Gasteiger partial charge is 0.402 e. The maximum Gasteiger partial charge on any atom is 0.342 e. The molecular formula is C10H12FN5O. The van der Waals surface area contributed by atoms with Gasteiger partial charge in [0.05, 0.1) is 0 Å². The molecule has 0 aliphatic carbocycles. The number of urea groups is 1. The van der Waals surface area contributed by atoms with E-state index in [9.17, 15) is 9.18 Å². The molecule has 0 radical (unpaired) electrons. The first-order valence-corrected chi connectivity index (χ1v) is 4.63. The minimum atomic E-state index is -1.09.